The van der Waals surface area contributed by atoms with Crippen LogP contribution in [0.25, 0.3) is 0 Å². The van der Waals surface area contributed by atoms with E-state index in [4.69, 9.17) is 21.7 Å². The third-order valence-electron chi connectivity index (χ3n) is 2.20. The monoisotopic (exact) mass is 272 g/mol. The maximum atomic E-state index is 5.40. The van der Waals surface area contributed by atoms with E-state index in [1.165, 1.54) is 0 Å². The lowest BCUT2D eigenvalue weighted by Crippen LogP contribution is -2.38. The molecule has 2 N–H and O–H groups in total. The van der Waals surface area contributed by atoms with Crippen molar-refractivity contribution in [2.75, 3.05) is 25.1 Å². The summed E-state index contributed by atoms with van der Waals surface area (Å²) in [5.41, 5.74) is 0. The second kappa shape index (κ2) is 8.02. The van der Waals surface area contributed by atoms with Crippen LogP contribution in [0.3, 0.4) is 0 Å². The van der Waals surface area contributed by atoms with Crippen molar-refractivity contribution in [2.24, 2.45) is 7.05 Å². The van der Waals surface area contributed by atoms with Crippen LogP contribution in [-0.4, -0.2) is 40.9 Å². The first-order chi connectivity index (χ1) is 8.67. The van der Waals surface area contributed by atoms with E-state index in [0.717, 1.165) is 5.82 Å². The zero-order chi connectivity index (χ0) is 13.4. The molecule has 0 unspecified atom stereocenters. The van der Waals surface area contributed by atoms with Crippen molar-refractivity contribution in [1.29, 1.82) is 0 Å². The molecule has 0 fully saturated rings. The summed E-state index contributed by atoms with van der Waals surface area (Å²) in [4.78, 5) is 0. The van der Waals surface area contributed by atoms with Crippen LogP contribution in [-0.2, 0) is 16.5 Å². The molecule has 7 heteroatoms. The molecule has 1 aromatic rings. The summed E-state index contributed by atoms with van der Waals surface area (Å²) in [5, 5.41) is 10.6. The van der Waals surface area contributed by atoms with Crippen LogP contribution in [0.15, 0.2) is 12.3 Å². The predicted molar refractivity (Wildman–Crippen MR) is 74.5 cm³/mol. The van der Waals surface area contributed by atoms with Crippen LogP contribution in [0.1, 0.15) is 13.8 Å². The van der Waals surface area contributed by atoms with Gasteiger partial charge in [0.25, 0.3) is 0 Å². The van der Waals surface area contributed by atoms with Crippen LogP contribution < -0.4 is 10.6 Å². The fourth-order valence-electron chi connectivity index (χ4n) is 1.37. The van der Waals surface area contributed by atoms with Gasteiger partial charge in [-0.1, -0.05) is 0 Å². The zero-order valence-electron chi connectivity index (χ0n) is 11.0. The van der Waals surface area contributed by atoms with Crippen LogP contribution >= 0.6 is 12.2 Å². The maximum Gasteiger partial charge on any atom is 0.174 e. The van der Waals surface area contributed by atoms with Gasteiger partial charge in [0, 0.05) is 26.3 Å². The maximum absolute atomic E-state index is 5.40. The Kier molecular flexibility index (Phi) is 6.63. The van der Waals surface area contributed by atoms with Crippen LogP contribution in [0.2, 0.25) is 0 Å². The van der Waals surface area contributed by atoms with E-state index in [0.29, 0.717) is 24.9 Å². The van der Waals surface area contributed by atoms with Crippen LogP contribution in [0.4, 0.5) is 5.82 Å². The van der Waals surface area contributed by atoms with Gasteiger partial charge in [0.15, 0.2) is 11.4 Å². The summed E-state index contributed by atoms with van der Waals surface area (Å²) in [6.07, 6.45) is 1.42. The molecular weight excluding hydrogens is 252 g/mol. The summed E-state index contributed by atoms with van der Waals surface area (Å²) in [6, 6.07) is 1.84. The Morgan fingerprint density at radius 1 is 1.44 bits per heavy atom. The van der Waals surface area contributed by atoms with Crippen molar-refractivity contribution in [3.63, 3.8) is 0 Å². The van der Waals surface area contributed by atoms with E-state index in [1.54, 1.807) is 10.9 Å². The molecule has 102 valence electrons. The molecule has 6 nitrogen and oxygen atoms in total. The van der Waals surface area contributed by atoms with Gasteiger partial charge >= 0.3 is 0 Å². The first-order valence-corrected chi connectivity index (χ1v) is 6.34. The highest BCUT2D eigenvalue weighted by molar-refractivity contribution is 7.80. The van der Waals surface area contributed by atoms with Crippen LogP contribution in [0.5, 0.6) is 0 Å². The molecule has 0 bridgehead atoms. The lowest BCUT2D eigenvalue weighted by molar-refractivity contribution is -0.130. The van der Waals surface area contributed by atoms with Crippen LogP contribution in [0, 0.1) is 0 Å². The SMILES string of the molecule is CCOC(CNC(=S)Nc1ccnn1C)OCC. The second-order valence-electron chi connectivity index (χ2n) is 3.52. The van der Waals surface area contributed by atoms with Gasteiger partial charge in [0.05, 0.1) is 12.7 Å². The molecule has 18 heavy (non-hydrogen) atoms. The molecule has 0 aliphatic rings. The average molecular weight is 272 g/mol. The van der Waals surface area contributed by atoms with Crippen molar-refractivity contribution in [1.82, 2.24) is 15.1 Å². The van der Waals surface area contributed by atoms with Gasteiger partial charge in [0.2, 0.25) is 0 Å². The molecule has 0 spiro atoms. The number of nitrogens with zero attached hydrogens (tertiary/aromatic N) is 2. The van der Waals surface area contributed by atoms with Crippen molar-refractivity contribution < 1.29 is 9.47 Å². The third-order valence-corrected chi connectivity index (χ3v) is 2.44. The van der Waals surface area contributed by atoms with E-state index >= 15 is 0 Å². The van der Waals surface area contributed by atoms with Crippen molar-refractivity contribution >= 4 is 23.1 Å². The number of thiocarbonyl (C=S) groups is 1. The van der Waals surface area contributed by atoms with Gasteiger partial charge in [-0.25, -0.2) is 0 Å². The molecular formula is C11H20N4O2S. The van der Waals surface area contributed by atoms with Gasteiger partial charge in [-0.2, -0.15) is 5.10 Å². The van der Waals surface area contributed by atoms with Gasteiger partial charge < -0.3 is 20.1 Å². The number of nitrogens with one attached hydrogen (secondary N) is 2. The summed E-state index contributed by atoms with van der Waals surface area (Å²) in [5.74, 6) is 0.830. The number of anilines is 1. The van der Waals surface area contributed by atoms with Crippen molar-refractivity contribution in [2.45, 2.75) is 20.1 Å². The minimum Gasteiger partial charge on any atom is -0.357 e. The van der Waals surface area contributed by atoms with E-state index in [1.807, 2.05) is 27.0 Å². The number of rotatable bonds is 7. The van der Waals surface area contributed by atoms with Crippen molar-refractivity contribution in [3.05, 3.63) is 12.3 Å². The Bertz CT molecular complexity index is 364. The Hall–Kier alpha value is -1.18. The average Bonchev–Trinajstić information content (AvgIpc) is 2.73. The largest absolute Gasteiger partial charge is 0.357 e. The summed E-state index contributed by atoms with van der Waals surface area (Å²) >= 11 is 5.17. The second-order valence-corrected chi connectivity index (χ2v) is 3.92. The molecule has 0 radical (unpaired) electrons. The Morgan fingerprint density at radius 3 is 2.61 bits per heavy atom. The Labute approximate surface area is 113 Å². The van der Waals surface area contributed by atoms with Gasteiger partial charge in [0.1, 0.15) is 5.82 Å². The number of aryl methyl sites for hydroxylation is 1. The molecule has 0 saturated heterocycles. The molecule has 0 aliphatic heterocycles. The molecule has 1 aromatic heterocycles. The predicted octanol–water partition coefficient (Wildman–Crippen LogP) is 1.11. The minimum atomic E-state index is -0.286. The number of ether oxygens (including phenoxy) is 2. The van der Waals surface area contributed by atoms with E-state index in [-0.39, 0.29) is 6.29 Å². The van der Waals surface area contributed by atoms with E-state index < -0.39 is 0 Å². The lowest BCUT2D eigenvalue weighted by atomic mass is 10.5. The van der Waals surface area contributed by atoms with E-state index in [9.17, 15) is 0 Å². The highest BCUT2D eigenvalue weighted by atomic mass is 32.1. The molecule has 0 saturated carbocycles. The lowest BCUT2D eigenvalue weighted by Gasteiger charge is -2.18. The molecule has 1 heterocycles. The molecule has 0 aromatic carbocycles. The summed E-state index contributed by atoms with van der Waals surface area (Å²) < 4.78 is 12.5. The molecule has 0 atom stereocenters. The third kappa shape index (κ3) is 4.99. The summed E-state index contributed by atoms with van der Waals surface area (Å²) in [6.45, 7) is 5.57. The quantitative estimate of drug-likeness (QED) is 0.573. The molecule has 0 amide bonds. The zero-order valence-corrected chi connectivity index (χ0v) is 11.8. The number of hydrogen-bond acceptors (Lipinski definition) is 4. The highest BCUT2D eigenvalue weighted by Gasteiger charge is 2.08. The molecule has 1 rings (SSSR count). The topological polar surface area (TPSA) is 60.3 Å². The Morgan fingerprint density at radius 2 is 2.11 bits per heavy atom. The van der Waals surface area contributed by atoms with Gasteiger partial charge in [-0.3, -0.25) is 4.68 Å². The smallest absolute Gasteiger partial charge is 0.174 e. The van der Waals surface area contributed by atoms with Gasteiger partial charge in [-0.05, 0) is 26.1 Å². The first kappa shape index (κ1) is 14.9. The highest BCUT2D eigenvalue weighted by Crippen LogP contribution is 2.02. The Balaban J connectivity index is 2.33. The number of hydrogen-bond donors (Lipinski definition) is 2. The standard InChI is InChI=1S/C11H20N4O2S/c1-4-16-10(17-5-2)8-12-11(18)14-9-6-7-13-15(9)3/h6-7,10H,4-5,8H2,1-3H3,(H2,12,14,18). The van der Waals surface area contributed by atoms with Gasteiger partial charge in [-0.15, -0.1) is 0 Å². The number of aromatic nitrogens is 2. The normalized spacial score (nSPS) is 10.7. The van der Waals surface area contributed by atoms with E-state index in [2.05, 4.69) is 15.7 Å². The first-order valence-electron chi connectivity index (χ1n) is 5.93. The van der Waals surface area contributed by atoms with Crippen molar-refractivity contribution in [3.8, 4) is 0 Å². The molecule has 0 aliphatic carbocycles. The fourth-order valence-corrected chi connectivity index (χ4v) is 1.56. The minimum absolute atomic E-state index is 0.286. The fraction of sp³-hybridized carbons (Fsp3) is 0.636. The summed E-state index contributed by atoms with van der Waals surface area (Å²) in [7, 11) is 1.84.